The van der Waals surface area contributed by atoms with Gasteiger partial charge in [-0.1, -0.05) is 60.8 Å². The van der Waals surface area contributed by atoms with E-state index in [1.807, 2.05) is 12.1 Å². The average Bonchev–Trinajstić information content (AvgIpc) is 2.69. The molecule has 28 heavy (non-hydrogen) atoms. The SMILES string of the molecule is CCCc1ccc(C#Cc2ccc(C#Cc3ccc(Cl)c(F)c3)c(F)c2)cc1. The average molecular weight is 391 g/mol. The monoisotopic (exact) mass is 390 g/mol. The van der Waals surface area contributed by atoms with E-state index < -0.39 is 11.6 Å². The molecule has 0 radical (unpaired) electrons. The maximum absolute atomic E-state index is 14.3. The lowest BCUT2D eigenvalue weighted by Crippen LogP contribution is -1.87. The van der Waals surface area contributed by atoms with Gasteiger partial charge in [0.15, 0.2) is 0 Å². The molecule has 0 bridgehead atoms. The topological polar surface area (TPSA) is 0 Å². The van der Waals surface area contributed by atoms with Crippen molar-refractivity contribution in [3.8, 4) is 23.7 Å². The first-order valence-corrected chi connectivity index (χ1v) is 9.30. The van der Waals surface area contributed by atoms with Crippen molar-refractivity contribution in [3.63, 3.8) is 0 Å². The van der Waals surface area contributed by atoms with E-state index in [1.54, 1.807) is 18.2 Å². The lowest BCUT2D eigenvalue weighted by atomic mass is 10.1. The van der Waals surface area contributed by atoms with Crippen LogP contribution in [-0.4, -0.2) is 0 Å². The first-order valence-electron chi connectivity index (χ1n) is 8.93. The molecule has 0 aliphatic heterocycles. The zero-order chi connectivity index (χ0) is 19.9. The highest BCUT2D eigenvalue weighted by Crippen LogP contribution is 2.15. The largest absolute Gasteiger partial charge is 0.206 e. The van der Waals surface area contributed by atoms with E-state index in [0.29, 0.717) is 11.1 Å². The van der Waals surface area contributed by atoms with Crippen LogP contribution in [0, 0.1) is 35.3 Å². The summed E-state index contributed by atoms with van der Waals surface area (Å²) in [7, 11) is 0. The summed E-state index contributed by atoms with van der Waals surface area (Å²) >= 11 is 5.64. The van der Waals surface area contributed by atoms with Gasteiger partial charge in [-0.3, -0.25) is 0 Å². The molecule has 3 aromatic rings. The fourth-order valence-corrected chi connectivity index (χ4v) is 2.71. The molecular weight excluding hydrogens is 374 g/mol. The van der Waals surface area contributed by atoms with E-state index >= 15 is 0 Å². The van der Waals surface area contributed by atoms with Crippen LogP contribution in [0.25, 0.3) is 0 Å². The number of hydrogen-bond donors (Lipinski definition) is 0. The van der Waals surface area contributed by atoms with Crippen molar-refractivity contribution in [3.05, 3.63) is 105 Å². The van der Waals surface area contributed by atoms with Crippen molar-refractivity contribution < 1.29 is 8.78 Å². The van der Waals surface area contributed by atoms with Crippen molar-refractivity contribution in [1.82, 2.24) is 0 Å². The molecule has 3 heteroatoms. The van der Waals surface area contributed by atoms with E-state index in [1.165, 1.54) is 23.8 Å². The van der Waals surface area contributed by atoms with E-state index in [2.05, 4.69) is 42.7 Å². The van der Waals surface area contributed by atoms with Gasteiger partial charge in [-0.05, 0) is 60.5 Å². The molecule has 0 fully saturated rings. The maximum atomic E-state index is 14.3. The molecule has 0 heterocycles. The minimum atomic E-state index is -0.553. The van der Waals surface area contributed by atoms with Gasteiger partial charge in [-0.15, -0.1) is 0 Å². The normalized spacial score (nSPS) is 9.86. The van der Waals surface area contributed by atoms with Gasteiger partial charge in [-0.2, -0.15) is 0 Å². The summed E-state index contributed by atoms with van der Waals surface area (Å²) in [6.07, 6.45) is 2.15. The van der Waals surface area contributed by atoms with Crippen LogP contribution in [0.4, 0.5) is 8.78 Å². The Labute approximate surface area is 169 Å². The molecule has 0 spiro atoms. The first-order chi connectivity index (χ1) is 13.5. The van der Waals surface area contributed by atoms with Crippen LogP contribution in [-0.2, 0) is 6.42 Å². The van der Waals surface area contributed by atoms with Crippen molar-refractivity contribution >= 4 is 11.6 Å². The molecule has 0 N–H and O–H groups in total. The minimum absolute atomic E-state index is 0.0275. The number of halogens is 3. The molecule has 0 aliphatic carbocycles. The van der Waals surface area contributed by atoms with Crippen LogP contribution in [0.3, 0.4) is 0 Å². The standard InChI is InChI=1S/C25H17ClF2/c1-2-3-18-4-6-19(7-5-18)8-9-20-10-13-22(24(27)16-20)14-11-21-12-15-23(26)25(28)17-21/h4-7,10,12-13,15-17H,2-3H2,1H3. The summed E-state index contributed by atoms with van der Waals surface area (Å²) in [4.78, 5) is 0. The van der Waals surface area contributed by atoms with Gasteiger partial charge in [0, 0.05) is 16.7 Å². The quantitative estimate of drug-likeness (QED) is 0.446. The van der Waals surface area contributed by atoms with Gasteiger partial charge in [-0.25, -0.2) is 8.78 Å². The van der Waals surface area contributed by atoms with Crippen molar-refractivity contribution in [2.45, 2.75) is 19.8 Å². The molecule has 0 aliphatic rings. The summed E-state index contributed by atoms with van der Waals surface area (Å²) in [6.45, 7) is 2.14. The number of rotatable bonds is 2. The highest BCUT2D eigenvalue weighted by molar-refractivity contribution is 6.30. The molecule has 0 nitrogen and oxygen atoms in total. The van der Waals surface area contributed by atoms with Gasteiger partial charge in [0.1, 0.15) is 11.6 Å². The van der Waals surface area contributed by atoms with E-state index in [9.17, 15) is 8.78 Å². The Morgan fingerprint density at radius 1 is 0.714 bits per heavy atom. The molecule has 0 aromatic heterocycles. The summed E-state index contributed by atoms with van der Waals surface area (Å²) in [5.74, 6) is 10.4. The molecule has 0 amide bonds. The van der Waals surface area contributed by atoms with Gasteiger partial charge < -0.3 is 0 Å². The Balaban J connectivity index is 1.76. The second-order valence-electron chi connectivity index (χ2n) is 6.27. The summed E-state index contributed by atoms with van der Waals surface area (Å²) in [5, 5.41) is 0.0275. The molecule has 3 aromatic carbocycles. The second-order valence-corrected chi connectivity index (χ2v) is 6.68. The predicted octanol–water partition coefficient (Wildman–Crippen LogP) is 6.37. The third-order valence-electron chi connectivity index (χ3n) is 4.07. The Bertz CT molecular complexity index is 1110. The third-order valence-corrected chi connectivity index (χ3v) is 4.38. The van der Waals surface area contributed by atoms with Crippen LogP contribution >= 0.6 is 11.6 Å². The fourth-order valence-electron chi connectivity index (χ4n) is 2.60. The van der Waals surface area contributed by atoms with E-state index in [-0.39, 0.29) is 10.6 Å². The van der Waals surface area contributed by atoms with Crippen LogP contribution in [0.1, 0.15) is 41.2 Å². The Kier molecular flexibility index (Phi) is 6.49. The van der Waals surface area contributed by atoms with Crippen LogP contribution in [0.2, 0.25) is 5.02 Å². The molecule has 0 saturated carbocycles. The summed E-state index contributed by atoms with van der Waals surface area (Å²) in [5.41, 5.74) is 3.39. The van der Waals surface area contributed by atoms with Crippen LogP contribution in [0.5, 0.6) is 0 Å². The Morgan fingerprint density at radius 2 is 1.29 bits per heavy atom. The Morgan fingerprint density at radius 3 is 1.93 bits per heavy atom. The highest BCUT2D eigenvalue weighted by Gasteiger charge is 2.01. The first kappa shape index (κ1) is 19.7. The lowest BCUT2D eigenvalue weighted by Gasteiger charge is -1.98. The number of hydrogen-bond acceptors (Lipinski definition) is 0. The van der Waals surface area contributed by atoms with Gasteiger partial charge >= 0.3 is 0 Å². The van der Waals surface area contributed by atoms with E-state index in [4.69, 9.17) is 11.6 Å². The predicted molar refractivity (Wildman–Crippen MR) is 110 cm³/mol. The molecular formula is C25H17ClF2. The Hall–Kier alpha value is -3.07. The highest BCUT2D eigenvalue weighted by atomic mass is 35.5. The minimum Gasteiger partial charge on any atom is -0.206 e. The number of benzene rings is 3. The van der Waals surface area contributed by atoms with Crippen LogP contribution in [0.15, 0.2) is 60.7 Å². The van der Waals surface area contributed by atoms with Crippen molar-refractivity contribution in [2.24, 2.45) is 0 Å². The molecule has 0 saturated heterocycles. The number of aryl methyl sites for hydroxylation is 1. The lowest BCUT2D eigenvalue weighted by molar-refractivity contribution is 0.624. The smallest absolute Gasteiger partial charge is 0.143 e. The van der Waals surface area contributed by atoms with Crippen molar-refractivity contribution in [1.29, 1.82) is 0 Å². The van der Waals surface area contributed by atoms with Crippen molar-refractivity contribution in [2.75, 3.05) is 0 Å². The summed E-state index contributed by atoms with van der Waals surface area (Å²) in [6, 6.07) is 16.9. The summed E-state index contributed by atoms with van der Waals surface area (Å²) < 4.78 is 27.7. The third kappa shape index (κ3) is 5.23. The molecule has 138 valence electrons. The van der Waals surface area contributed by atoms with Crippen LogP contribution < -0.4 is 0 Å². The zero-order valence-electron chi connectivity index (χ0n) is 15.3. The molecule has 3 rings (SSSR count). The van der Waals surface area contributed by atoms with Gasteiger partial charge in [0.25, 0.3) is 0 Å². The second kappa shape index (κ2) is 9.23. The zero-order valence-corrected chi connectivity index (χ0v) is 16.1. The van der Waals surface area contributed by atoms with E-state index in [0.717, 1.165) is 18.4 Å². The maximum Gasteiger partial charge on any atom is 0.143 e. The molecule has 0 atom stereocenters. The molecule has 0 unspecified atom stereocenters. The fraction of sp³-hybridized carbons (Fsp3) is 0.120. The van der Waals surface area contributed by atoms with Gasteiger partial charge in [0.2, 0.25) is 0 Å². The van der Waals surface area contributed by atoms with Gasteiger partial charge in [0.05, 0.1) is 10.6 Å².